The Morgan fingerprint density at radius 1 is 1.25 bits per heavy atom. The van der Waals surface area contributed by atoms with Crippen molar-refractivity contribution in [1.82, 2.24) is 14.5 Å². The number of halogens is 1. The van der Waals surface area contributed by atoms with E-state index in [2.05, 4.69) is 4.98 Å². The van der Waals surface area contributed by atoms with Crippen LogP contribution in [0.1, 0.15) is 22.6 Å². The number of hydrogen-bond acceptors (Lipinski definition) is 4. The lowest BCUT2D eigenvalue weighted by Gasteiger charge is -2.18. The van der Waals surface area contributed by atoms with Crippen LogP contribution in [0, 0.1) is 0 Å². The number of ether oxygens (including phenoxy) is 1. The average Bonchev–Trinajstić information content (AvgIpc) is 3.17. The predicted octanol–water partition coefficient (Wildman–Crippen LogP) is 3.15. The summed E-state index contributed by atoms with van der Waals surface area (Å²) in [6.45, 7) is 1.51. The van der Waals surface area contributed by atoms with Crippen LogP contribution in [-0.2, 0) is 13.0 Å². The fourth-order valence-electron chi connectivity index (χ4n) is 3.37. The number of carbonyl (C=O) groups excluding carboxylic acids is 1. The highest BCUT2D eigenvalue weighted by atomic mass is 35.5. The number of nitrogens with zero attached hydrogens (tertiary/aromatic N) is 3. The summed E-state index contributed by atoms with van der Waals surface area (Å²) < 4.78 is 7.37. The van der Waals surface area contributed by atoms with Crippen LogP contribution in [0.5, 0.6) is 5.75 Å². The monoisotopic (exact) mass is 397 g/mol. The van der Waals surface area contributed by atoms with E-state index < -0.39 is 0 Å². The van der Waals surface area contributed by atoms with Gasteiger partial charge in [-0.05, 0) is 48.9 Å². The van der Waals surface area contributed by atoms with E-state index in [1.807, 2.05) is 0 Å². The lowest BCUT2D eigenvalue weighted by molar-refractivity contribution is 0.0774. The van der Waals surface area contributed by atoms with E-state index in [1.54, 1.807) is 59.0 Å². The standard InChI is InChI=1S/C21H20ClN3O3/c1-24(11-12-28-16-7-5-15(22)6-8-16)20(26)14-4-9-17-18(13-14)23-19-3-2-10-25(19)21(17)27/h4-9,13H,2-3,10-12H2,1H3. The third-order valence-electron chi connectivity index (χ3n) is 4.92. The first-order valence-corrected chi connectivity index (χ1v) is 9.58. The SMILES string of the molecule is CN(CCOc1ccc(Cl)cc1)C(=O)c1ccc2c(=O)n3c(nc2c1)CCC3. The number of fused-ring (bicyclic) bond motifs is 2. The summed E-state index contributed by atoms with van der Waals surface area (Å²) in [7, 11) is 1.72. The first-order chi connectivity index (χ1) is 13.5. The van der Waals surface area contributed by atoms with E-state index in [1.165, 1.54) is 0 Å². The third kappa shape index (κ3) is 3.60. The van der Waals surface area contributed by atoms with Crippen LogP contribution in [0.25, 0.3) is 10.9 Å². The molecule has 0 aliphatic carbocycles. The maximum absolute atomic E-state index is 12.7. The quantitative estimate of drug-likeness (QED) is 0.663. The average molecular weight is 398 g/mol. The first-order valence-electron chi connectivity index (χ1n) is 9.20. The lowest BCUT2D eigenvalue weighted by Crippen LogP contribution is -2.31. The minimum Gasteiger partial charge on any atom is -0.492 e. The molecule has 1 aliphatic heterocycles. The number of likely N-dealkylation sites (N-methyl/N-ethyl adjacent to an activating group) is 1. The van der Waals surface area contributed by atoms with E-state index in [0.717, 1.165) is 18.7 Å². The Morgan fingerprint density at radius 2 is 2.04 bits per heavy atom. The van der Waals surface area contributed by atoms with E-state index in [9.17, 15) is 9.59 Å². The Bertz CT molecular complexity index is 1090. The van der Waals surface area contributed by atoms with Crippen molar-refractivity contribution in [3.8, 4) is 5.75 Å². The maximum atomic E-state index is 12.7. The van der Waals surface area contributed by atoms with Crippen LogP contribution in [0.4, 0.5) is 0 Å². The fraction of sp³-hybridized carbons (Fsp3) is 0.286. The van der Waals surface area contributed by atoms with Crippen LogP contribution >= 0.6 is 11.6 Å². The van der Waals surface area contributed by atoms with Gasteiger partial charge in [0.25, 0.3) is 11.5 Å². The smallest absolute Gasteiger partial charge is 0.261 e. The molecule has 0 atom stereocenters. The van der Waals surface area contributed by atoms with Gasteiger partial charge < -0.3 is 9.64 Å². The van der Waals surface area contributed by atoms with Crippen LogP contribution in [0.15, 0.2) is 47.3 Å². The zero-order valence-corrected chi connectivity index (χ0v) is 16.3. The normalized spacial score (nSPS) is 12.8. The molecule has 0 spiro atoms. The van der Waals surface area contributed by atoms with Crippen molar-refractivity contribution in [1.29, 1.82) is 0 Å². The largest absolute Gasteiger partial charge is 0.492 e. The van der Waals surface area contributed by atoms with Gasteiger partial charge in [-0.15, -0.1) is 0 Å². The van der Waals surface area contributed by atoms with E-state index in [0.29, 0.717) is 46.9 Å². The van der Waals surface area contributed by atoms with E-state index in [-0.39, 0.29) is 11.5 Å². The molecular formula is C21H20ClN3O3. The van der Waals surface area contributed by atoms with Crippen molar-refractivity contribution >= 4 is 28.4 Å². The Labute approximate surface area is 167 Å². The summed E-state index contributed by atoms with van der Waals surface area (Å²) in [5.41, 5.74) is 1.06. The third-order valence-corrected chi connectivity index (χ3v) is 5.17. The van der Waals surface area contributed by atoms with Gasteiger partial charge in [0.2, 0.25) is 0 Å². The Morgan fingerprint density at radius 3 is 2.82 bits per heavy atom. The molecule has 0 unspecified atom stereocenters. The van der Waals surface area contributed by atoms with Gasteiger partial charge in [0.1, 0.15) is 18.2 Å². The highest BCUT2D eigenvalue weighted by molar-refractivity contribution is 6.30. The second-order valence-electron chi connectivity index (χ2n) is 6.85. The van der Waals surface area contributed by atoms with E-state index >= 15 is 0 Å². The van der Waals surface area contributed by atoms with E-state index in [4.69, 9.17) is 16.3 Å². The highest BCUT2D eigenvalue weighted by Gasteiger charge is 2.18. The van der Waals surface area contributed by atoms with Crippen molar-refractivity contribution in [2.45, 2.75) is 19.4 Å². The number of aromatic nitrogens is 2. The van der Waals surface area contributed by atoms with Crippen molar-refractivity contribution < 1.29 is 9.53 Å². The molecule has 4 rings (SSSR count). The van der Waals surface area contributed by atoms with Crippen LogP contribution in [-0.4, -0.2) is 40.6 Å². The molecule has 1 aromatic heterocycles. The van der Waals surface area contributed by atoms with Gasteiger partial charge in [-0.3, -0.25) is 14.2 Å². The summed E-state index contributed by atoms with van der Waals surface area (Å²) in [4.78, 5) is 31.5. The topological polar surface area (TPSA) is 64.4 Å². The molecule has 144 valence electrons. The van der Waals surface area contributed by atoms with Crippen LogP contribution in [0.3, 0.4) is 0 Å². The maximum Gasteiger partial charge on any atom is 0.261 e. The number of aryl methyl sites for hydroxylation is 1. The van der Waals surface area contributed by atoms with Gasteiger partial charge in [0.05, 0.1) is 17.4 Å². The molecule has 0 saturated carbocycles. The molecule has 7 heteroatoms. The number of benzene rings is 2. The molecule has 0 saturated heterocycles. The molecule has 3 aromatic rings. The first kappa shape index (κ1) is 18.5. The van der Waals surface area contributed by atoms with Gasteiger partial charge in [-0.1, -0.05) is 11.6 Å². The molecule has 0 radical (unpaired) electrons. The van der Waals surface area contributed by atoms with Crippen molar-refractivity contribution in [3.05, 3.63) is 69.2 Å². The summed E-state index contributed by atoms with van der Waals surface area (Å²) >= 11 is 5.85. The minimum atomic E-state index is -0.135. The molecule has 2 heterocycles. The highest BCUT2D eigenvalue weighted by Crippen LogP contribution is 2.18. The molecule has 0 N–H and O–H groups in total. The minimum absolute atomic E-state index is 0.0266. The molecule has 1 amide bonds. The fourth-order valence-corrected chi connectivity index (χ4v) is 3.50. The summed E-state index contributed by atoms with van der Waals surface area (Å²) in [5.74, 6) is 1.37. The zero-order chi connectivity index (χ0) is 19.7. The molecule has 6 nitrogen and oxygen atoms in total. The van der Waals surface area contributed by atoms with Crippen LogP contribution < -0.4 is 10.3 Å². The number of carbonyl (C=O) groups is 1. The molecule has 0 fully saturated rings. The molecular weight excluding hydrogens is 378 g/mol. The second kappa shape index (κ2) is 7.64. The predicted molar refractivity (Wildman–Crippen MR) is 108 cm³/mol. The molecule has 28 heavy (non-hydrogen) atoms. The lowest BCUT2D eigenvalue weighted by atomic mass is 10.1. The van der Waals surface area contributed by atoms with Crippen molar-refractivity contribution in [2.75, 3.05) is 20.2 Å². The summed E-state index contributed by atoms with van der Waals surface area (Å²) in [6, 6.07) is 12.2. The summed E-state index contributed by atoms with van der Waals surface area (Å²) in [5, 5.41) is 1.20. The molecule has 2 aromatic carbocycles. The second-order valence-corrected chi connectivity index (χ2v) is 7.29. The van der Waals surface area contributed by atoms with Gasteiger partial charge in [-0.2, -0.15) is 0 Å². The number of hydrogen-bond donors (Lipinski definition) is 0. The van der Waals surface area contributed by atoms with Crippen LogP contribution in [0.2, 0.25) is 5.02 Å². The Kier molecular flexibility index (Phi) is 5.05. The van der Waals surface area contributed by atoms with Crippen molar-refractivity contribution in [2.24, 2.45) is 0 Å². The van der Waals surface area contributed by atoms with Gasteiger partial charge in [0.15, 0.2) is 0 Å². The van der Waals surface area contributed by atoms with Gasteiger partial charge in [0, 0.05) is 30.6 Å². The Balaban J connectivity index is 1.46. The molecule has 1 aliphatic rings. The number of rotatable bonds is 5. The Hall–Kier alpha value is -2.86. The van der Waals surface area contributed by atoms with Gasteiger partial charge in [-0.25, -0.2) is 4.98 Å². The number of amides is 1. The zero-order valence-electron chi connectivity index (χ0n) is 15.5. The van der Waals surface area contributed by atoms with Gasteiger partial charge >= 0.3 is 0 Å². The summed E-state index contributed by atoms with van der Waals surface area (Å²) in [6.07, 6.45) is 1.73. The van der Waals surface area contributed by atoms with Crippen molar-refractivity contribution in [3.63, 3.8) is 0 Å². The molecule has 0 bridgehead atoms.